The van der Waals surface area contributed by atoms with Crippen LogP contribution in [0.2, 0.25) is 0 Å². The molecule has 0 bridgehead atoms. The fourth-order valence-corrected chi connectivity index (χ4v) is 3.61. The van der Waals surface area contributed by atoms with Crippen LogP contribution in [0, 0.1) is 0 Å². The van der Waals surface area contributed by atoms with Gasteiger partial charge in [0.15, 0.2) is 0 Å². The second-order valence-electron chi connectivity index (χ2n) is 8.54. The maximum Gasteiger partial charge on any atom is 0.303 e. The van der Waals surface area contributed by atoms with Gasteiger partial charge in [-0.2, -0.15) is 0 Å². The molecule has 0 atom stereocenters. The lowest BCUT2D eigenvalue weighted by molar-refractivity contribution is -0.136. The number of rotatable bonds is 15. The minimum atomic E-state index is -0.827. The predicted molar refractivity (Wildman–Crippen MR) is 142 cm³/mol. The smallest absolute Gasteiger partial charge is 0.303 e. The molecule has 0 saturated carbocycles. The van der Waals surface area contributed by atoms with Crippen molar-refractivity contribution in [3.63, 3.8) is 0 Å². The molecular formula is C29H36N2O4. The number of carbonyl (C=O) groups is 1. The van der Waals surface area contributed by atoms with E-state index in [1.165, 1.54) is 0 Å². The van der Waals surface area contributed by atoms with E-state index in [1.807, 2.05) is 54.6 Å². The van der Waals surface area contributed by atoms with Crippen LogP contribution < -0.4 is 20.1 Å². The minimum Gasteiger partial charge on any atom is -0.489 e. The molecule has 0 amide bonds. The van der Waals surface area contributed by atoms with Crippen molar-refractivity contribution in [3.05, 3.63) is 83.4 Å². The Morgan fingerprint density at radius 2 is 1.26 bits per heavy atom. The summed E-state index contributed by atoms with van der Waals surface area (Å²) in [5.41, 5.74) is 5.13. The molecule has 0 radical (unpaired) electrons. The summed E-state index contributed by atoms with van der Waals surface area (Å²) < 4.78 is 12.2. The zero-order chi connectivity index (χ0) is 24.9. The van der Waals surface area contributed by atoms with E-state index in [2.05, 4.69) is 36.6 Å². The van der Waals surface area contributed by atoms with E-state index in [0.717, 1.165) is 54.0 Å². The quantitative estimate of drug-likeness (QED) is 0.232. The largest absolute Gasteiger partial charge is 0.489 e. The zero-order valence-corrected chi connectivity index (χ0v) is 20.7. The van der Waals surface area contributed by atoms with Gasteiger partial charge in [0.2, 0.25) is 0 Å². The number of hydrogen-bond acceptors (Lipinski definition) is 5. The van der Waals surface area contributed by atoms with Gasteiger partial charge in [0.25, 0.3) is 0 Å². The lowest BCUT2D eigenvalue weighted by Crippen LogP contribution is -2.03. The van der Waals surface area contributed by atoms with Crippen molar-refractivity contribution in [1.82, 2.24) is 0 Å². The molecule has 35 heavy (non-hydrogen) atoms. The Morgan fingerprint density at radius 1 is 0.743 bits per heavy atom. The van der Waals surface area contributed by atoms with Crippen LogP contribution in [0.3, 0.4) is 0 Å². The van der Waals surface area contributed by atoms with Crippen molar-refractivity contribution < 1.29 is 19.4 Å². The summed E-state index contributed by atoms with van der Waals surface area (Å²) in [5, 5.41) is 15.9. The molecule has 0 aliphatic carbocycles. The fourth-order valence-electron chi connectivity index (χ4n) is 3.61. The lowest BCUT2D eigenvalue weighted by Gasteiger charge is -2.14. The van der Waals surface area contributed by atoms with Crippen LogP contribution in [0.1, 0.15) is 49.8 Å². The molecule has 186 valence electrons. The van der Waals surface area contributed by atoms with Crippen LogP contribution >= 0.6 is 0 Å². The Hall–Kier alpha value is -3.67. The van der Waals surface area contributed by atoms with Crippen LogP contribution in [0.4, 0.5) is 11.4 Å². The molecule has 0 fully saturated rings. The Bertz CT molecular complexity index is 1010. The van der Waals surface area contributed by atoms with E-state index in [0.29, 0.717) is 31.1 Å². The van der Waals surface area contributed by atoms with E-state index in [4.69, 9.17) is 14.6 Å². The SMILES string of the molecule is CCCNc1cccc(COc2cc(CCC(=O)O)cc(OCc3cccc(NCCC)c3)c2)c1. The molecule has 3 rings (SSSR count). The molecule has 0 aromatic heterocycles. The number of aryl methyl sites for hydroxylation is 1. The van der Waals surface area contributed by atoms with Crippen LogP contribution in [0.15, 0.2) is 66.7 Å². The second-order valence-corrected chi connectivity index (χ2v) is 8.54. The van der Waals surface area contributed by atoms with Crippen molar-refractivity contribution in [3.8, 4) is 11.5 Å². The number of anilines is 2. The highest BCUT2D eigenvalue weighted by Crippen LogP contribution is 2.26. The zero-order valence-electron chi connectivity index (χ0n) is 20.7. The summed E-state index contributed by atoms with van der Waals surface area (Å²) >= 11 is 0. The number of aliphatic carboxylic acids is 1. The van der Waals surface area contributed by atoms with Gasteiger partial charge in [0.1, 0.15) is 24.7 Å². The van der Waals surface area contributed by atoms with Crippen molar-refractivity contribution in [2.45, 2.75) is 52.7 Å². The molecule has 3 aromatic rings. The number of carboxylic acids is 1. The highest BCUT2D eigenvalue weighted by Gasteiger charge is 2.08. The van der Waals surface area contributed by atoms with Crippen molar-refractivity contribution in [2.75, 3.05) is 23.7 Å². The van der Waals surface area contributed by atoms with Gasteiger partial charge >= 0.3 is 5.97 Å². The molecule has 0 spiro atoms. The van der Waals surface area contributed by atoms with E-state index < -0.39 is 5.97 Å². The predicted octanol–water partition coefficient (Wildman–Crippen LogP) is 6.51. The normalized spacial score (nSPS) is 10.6. The molecule has 3 N–H and O–H groups in total. The average Bonchev–Trinajstić information content (AvgIpc) is 2.87. The molecule has 0 unspecified atom stereocenters. The molecule has 6 heteroatoms. The average molecular weight is 477 g/mol. The van der Waals surface area contributed by atoms with Gasteiger partial charge in [0, 0.05) is 37.0 Å². The summed E-state index contributed by atoms with van der Waals surface area (Å²) in [4.78, 5) is 11.1. The Labute approximate surface area is 208 Å². The maximum absolute atomic E-state index is 11.1. The van der Waals surface area contributed by atoms with E-state index >= 15 is 0 Å². The molecule has 0 saturated heterocycles. The molecule has 0 heterocycles. The van der Waals surface area contributed by atoms with Gasteiger partial charge < -0.3 is 25.2 Å². The van der Waals surface area contributed by atoms with Crippen molar-refractivity contribution in [2.24, 2.45) is 0 Å². The Kier molecular flexibility index (Phi) is 10.3. The summed E-state index contributed by atoms with van der Waals surface area (Å²) in [5.74, 6) is 0.493. The number of benzene rings is 3. The topological polar surface area (TPSA) is 79.8 Å². The first-order chi connectivity index (χ1) is 17.1. The molecule has 3 aromatic carbocycles. The first-order valence-corrected chi connectivity index (χ1v) is 12.3. The number of carboxylic acid groups (broad SMARTS) is 1. The first-order valence-electron chi connectivity index (χ1n) is 12.3. The molecular weight excluding hydrogens is 440 g/mol. The number of nitrogens with one attached hydrogen (secondary N) is 2. The third kappa shape index (κ3) is 9.24. The summed E-state index contributed by atoms with van der Waals surface area (Å²) in [6.07, 6.45) is 2.59. The summed E-state index contributed by atoms with van der Waals surface area (Å²) in [7, 11) is 0. The highest BCUT2D eigenvalue weighted by molar-refractivity contribution is 5.67. The fraction of sp³-hybridized carbons (Fsp3) is 0.345. The van der Waals surface area contributed by atoms with Crippen LogP contribution in [-0.2, 0) is 24.4 Å². The third-order valence-corrected chi connectivity index (χ3v) is 5.39. The lowest BCUT2D eigenvalue weighted by atomic mass is 10.1. The second kappa shape index (κ2) is 13.9. The highest BCUT2D eigenvalue weighted by atomic mass is 16.5. The summed E-state index contributed by atoms with van der Waals surface area (Å²) in [6, 6.07) is 22.0. The number of hydrogen-bond donors (Lipinski definition) is 3. The van der Waals surface area contributed by atoms with Crippen LogP contribution in [0.5, 0.6) is 11.5 Å². The standard InChI is InChI=1S/C29H36N2O4/c1-3-13-30-25-9-5-7-23(15-25)20-34-27-17-22(11-12-29(32)33)18-28(19-27)35-21-24-8-6-10-26(16-24)31-14-4-2/h5-10,15-19,30-31H,3-4,11-14,20-21H2,1-2H3,(H,32,33). The molecule has 0 aliphatic heterocycles. The number of ether oxygens (including phenoxy) is 2. The van der Waals surface area contributed by atoms with E-state index in [1.54, 1.807) is 0 Å². The van der Waals surface area contributed by atoms with Crippen molar-refractivity contribution in [1.29, 1.82) is 0 Å². The first kappa shape index (κ1) is 25.9. The van der Waals surface area contributed by atoms with Crippen LogP contribution in [-0.4, -0.2) is 24.2 Å². The molecule has 6 nitrogen and oxygen atoms in total. The van der Waals surface area contributed by atoms with Crippen molar-refractivity contribution >= 4 is 17.3 Å². The molecule has 0 aliphatic rings. The van der Waals surface area contributed by atoms with Gasteiger partial charge in [-0.15, -0.1) is 0 Å². The van der Waals surface area contributed by atoms with Crippen LogP contribution in [0.25, 0.3) is 0 Å². The van der Waals surface area contributed by atoms with Gasteiger partial charge in [-0.1, -0.05) is 38.1 Å². The van der Waals surface area contributed by atoms with Gasteiger partial charge in [-0.25, -0.2) is 0 Å². The Balaban J connectivity index is 1.69. The van der Waals surface area contributed by atoms with Gasteiger partial charge in [-0.05, 0) is 72.4 Å². The van der Waals surface area contributed by atoms with Gasteiger partial charge in [-0.3, -0.25) is 4.79 Å². The third-order valence-electron chi connectivity index (χ3n) is 5.39. The van der Waals surface area contributed by atoms with E-state index in [-0.39, 0.29) is 6.42 Å². The maximum atomic E-state index is 11.1. The van der Waals surface area contributed by atoms with E-state index in [9.17, 15) is 4.79 Å². The monoisotopic (exact) mass is 476 g/mol. The minimum absolute atomic E-state index is 0.0547. The summed E-state index contributed by atoms with van der Waals surface area (Å²) in [6.45, 7) is 6.94. The van der Waals surface area contributed by atoms with Gasteiger partial charge in [0.05, 0.1) is 0 Å². The Morgan fingerprint density at radius 3 is 1.71 bits per heavy atom.